The minimum absolute atomic E-state index is 0.282. The van der Waals surface area contributed by atoms with Crippen molar-refractivity contribution in [3.63, 3.8) is 0 Å². The number of ether oxygens (including phenoxy) is 3. The number of nitrogens with one attached hydrogen (secondary N) is 1. The maximum Gasteiger partial charge on any atom is 0.231 e. The molecule has 2 aliphatic rings. The first-order chi connectivity index (χ1) is 9.86. The molecule has 0 aromatic heterocycles. The summed E-state index contributed by atoms with van der Waals surface area (Å²) in [7, 11) is 1.66. The molecule has 1 saturated carbocycles. The maximum absolute atomic E-state index is 5.45. The van der Waals surface area contributed by atoms with Gasteiger partial charge in [0.25, 0.3) is 0 Å². The quantitative estimate of drug-likeness (QED) is 0.897. The van der Waals surface area contributed by atoms with Crippen LogP contribution in [-0.2, 0) is 6.54 Å². The lowest BCUT2D eigenvalue weighted by Gasteiger charge is -2.21. The Balaban J connectivity index is 1.57. The number of hydrogen-bond acceptors (Lipinski definition) is 4. The van der Waals surface area contributed by atoms with E-state index < -0.39 is 0 Å². The smallest absolute Gasteiger partial charge is 0.231 e. The van der Waals surface area contributed by atoms with Gasteiger partial charge in [0, 0.05) is 6.54 Å². The Kier molecular flexibility index (Phi) is 4.31. The zero-order chi connectivity index (χ0) is 13.8. The fraction of sp³-hybridized carbons (Fsp3) is 0.625. The second-order valence-corrected chi connectivity index (χ2v) is 5.67. The topological polar surface area (TPSA) is 39.7 Å². The molecule has 0 saturated heterocycles. The monoisotopic (exact) mass is 277 g/mol. The Labute approximate surface area is 120 Å². The van der Waals surface area contributed by atoms with Crippen molar-refractivity contribution in [3.05, 3.63) is 17.7 Å². The van der Waals surface area contributed by atoms with Crippen LogP contribution in [0.15, 0.2) is 12.1 Å². The second-order valence-electron chi connectivity index (χ2n) is 5.67. The van der Waals surface area contributed by atoms with E-state index >= 15 is 0 Å². The molecule has 20 heavy (non-hydrogen) atoms. The van der Waals surface area contributed by atoms with Crippen LogP contribution < -0.4 is 19.5 Å². The van der Waals surface area contributed by atoms with Crippen LogP contribution in [0.5, 0.6) is 17.2 Å². The highest BCUT2D eigenvalue weighted by Gasteiger charge is 2.20. The van der Waals surface area contributed by atoms with E-state index in [0.29, 0.717) is 0 Å². The van der Waals surface area contributed by atoms with Gasteiger partial charge in [-0.2, -0.15) is 0 Å². The van der Waals surface area contributed by atoms with E-state index in [2.05, 4.69) is 5.32 Å². The van der Waals surface area contributed by atoms with E-state index in [1.807, 2.05) is 12.1 Å². The highest BCUT2D eigenvalue weighted by atomic mass is 16.7. The first-order valence-corrected chi connectivity index (χ1v) is 7.54. The van der Waals surface area contributed by atoms with Crippen LogP contribution in [0.2, 0.25) is 0 Å². The fourth-order valence-electron chi connectivity index (χ4n) is 3.10. The molecule has 0 bridgehead atoms. The van der Waals surface area contributed by atoms with Gasteiger partial charge in [0.1, 0.15) is 0 Å². The van der Waals surface area contributed by atoms with Gasteiger partial charge >= 0.3 is 0 Å². The van der Waals surface area contributed by atoms with Crippen molar-refractivity contribution >= 4 is 0 Å². The lowest BCUT2D eigenvalue weighted by molar-refractivity contribution is 0.171. The number of benzene rings is 1. The van der Waals surface area contributed by atoms with Gasteiger partial charge in [-0.15, -0.1) is 0 Å². The molecule has 3 rings (SSSR count). The molecule has 4 heteroatoms. The zero-order valence-electron chi connectivity index (χ0n) is 12.1. The van der Waals surface area contributed by atoms with Crippen molar-refractivity contribution < 1.29 is 14.2 Å². The molecule has 1 aliphatic carbocycles. The molecule has 1 aromatic carbocycles. The molecular weight excluding hydrogens is 254 g/mol. The minimum Gasteiger partial charge on any atom is -0.493 e. The first kappa shape index (κ1) is 13.6. The minimum atomic E-state index is 0.282. The van der Waals surface area contributed by atoms with Crippen LogP contribution in [0, 0.1) is 5.92 Å². The van der Waals surface area contributed by atoms with E-state index in [4.69, 9.17) is 14.2 Å². The summed E-state index contributed by atoms with van der Waals surface area (Å²) in [4.78, 5) is 0. The summed E-state index contributed by atoms with van der Waals surface area (Å²) >= 11 is 0. The highest BCUT2D eigenvalue weighted by Crippen LogP contribution is 2.41. The van der Waals surface area contributed by atoms with Crippen LogP contribution in [0.1, 0.15) is 37.7 Å². The van der Waals surface area contributed by atoms with Gasteiger partial charge in [-0.25, -0.2) is 0 Å². The summed E-state index contributed by atoms with van der Waals surface area (Å²) in [5, 5.41) is 3.56. The number of fused-ring (bicyclic) bond motifs is 1. The molecule has 1 N–H and O–H groups in total. The molecular formula is C16H23NO3. The molecule has 1 aromatic rings. The predicted octanol–water partition coefficient (Wildman–Crippen LogP) is 3.09. The summed E-state index contributed by atoms with van der Waals surface area (Å²) in [5.41, 5.74) is 1.18. The predicted molar refractivity (Wildman–Crippen MR) is 77.4 cm³/mol. The van der Waals surface area contributed by atoms with Gasteiger partial charge in [0.15, 0.2) is 11.5 Å². The molecule has 110 valence electrons. The van der Waals surface area contributed by atoms with Gasteiger partial charge in [0.05, 0.1) is 7.11 Å². The first-order valence-electron chi connectivity index (χ1n) is 7.54. The Morgan fingerprint density at radius 3 is 2.85 bits per heavy atom. The Hall–Kier alpha value is -1.42. The number of hydrogen-bond donors (Lipinski definition) is 1. The Morgan fingerprint density at radius 2 is 2.05 bits per heavy atom. The summed E-state index contributed by atoms with van der Waals surface area (Å²) in [6.07, 6.45) is 6.94. The Bertz CT molecular complexity index is 455. The number of rotatable bonds is 5. The molecule has 0 unspecified atom stereocenters. The van der Waals surface area contributed by atoms with Crippen molar-refractivity contribution in [1.82, 2.24) is 5.32 Å². The van der Waals surface area contributed by atoms with Crippen LogP contribution in [0.4, 0.5) is 0 Å². The van der Waals surface area contributed by atoms with Crippen molar-refractivity contribution in [2.45, 2.75) is 38.6 Å². The van der Waals surface area contributed by atoms with Gasteiger partial charge in [-0.1, -0.05) is 19.3 Å². The molecule has 4 nitrogen and oxygen atoms in total. The van der Waals surface area contributed by atoms with Crippen molar-refractivity contribution in [2.75, 3.05) is 20.4 Å². The fourth-order valence-corrected chi connectivity index (χ4v) is 3.10. The lowest BCUT2D eigenvalue weighted by Crippen LogP contribution is -2.24. The van der Waals surface area contributed by atoms with Crippen LogP contribution in [0.25, 0.3) is 0 Å². The van der Waals surface area contributed by atoms with Crippen LogP contribution in [-0.4, -0.2) is 20.4 Å². The van der Waals surface area contributed by atoms with Crippen LogP contribution in [0.3, 0.4) is 0 Å². The molecule has 0 atom stereocenters. The van der Waals surface area contributed by atoms with Gasteiger partial charge in [-0.3, -0.25) is 0 Å². The highest BCUT2D eigenvalue weighted by molar-refractivity contribution is 5.55. The van der Waals surface area contributed by atoms with E-state index in [1.165, 1.54) is 37.7 Å². The van der Waals surface area contributed by atoms with Crippen molar-refractivity contribution in [3.8, 4) is 17.2 Å². The van der Waals surface area contributed by atoms with E-state index in [1.54, 1.807) is 7.11 Å². The van der Waals surface area contributed by atoms with E-state index in [9.17, 15) is 0 Å². The average molecular weight is 277 g/mol. The standard InChI is InChI=1S/C16H23NO3/c1-18-14-7-13(8-15-16(14)20-11-19-15)10-17-9-12-5-3-2-4-6-12/h7-8,12,17H,2-6,9-11H2,1H3. The van der Waals surface area contributed by atoms with Gasteiger partial charge in [0.2, 0.25) is 12.5 Å². The largest absolute Gasteiger partial charge is 0.493 e. The molecule has 0 spiro atoms. The second kappa shape index (κ2) is 6.35. The van der Waals surface area contributed by atoms with E-state index in [-0.39, 0.29) is 6.79 Å². The molecule has 1 fully saturated rings. The maximum atomic E-state index is 5.45. The average Bonchev–Trinajstić information content (AvgIpc) is 2.96. The Morgan fingerprint density at radius 1 is 1.20 bits per heavy atom. The third-order valence-corrected chi connectivity index (χ3v) is 4.21. The summed E-state index contributed by atoms with van der Waals surface area (Å²) < 4.78 is 16.2. The molecule has 0 amide bonds. The van der Waals surface area contributed by atoms with Crippen molar-refractivity contribution in [1.29, 1.82) is 0 Å². The molecule has 1 heterocycles. The van der Waals surface area contributed by atoms with Gasteiger partial charge < -0.3 is 19.5 Å². The summed E-state index contributed by atoms with van der Waals surface area (Å²) in [6, 6.07) is 4.07. The molecule has 1 aliphatic heterocycles. The third-order valence-electron chi connectivity index (χ3n) is 4.21. The summed E-state index contributed by atoms with van der Waals surface area (Å²) in [5.74, 6) is 3.12. The van der Waals surface area contributed by atoms with Crippen molar-refractivity contribution in [2.24, 2.45) is 5.92 Å². The van der Waals surface area contributed by atoms with Gasteiger partial charge in [-0.05, 0) is 43.0 Å². The summed E-state index contributed by atoms with van der Waals surface area (Å²) in [6.45, 7) is 2.24. The zero-order valence-corrected chi connectivity index (χ0v) is 12.1. The molecule has 0 radical (unpaired) electrons. The lowest BCUT2D eigenvalue weighted by atomic mass is 9.89. The number of methoxy groups -OCH3 is 1. The SMILES string of the molecule is COc1cc(CNCC2CCCCC2)cc2c1OCO2. The van der Waals surface area contributed by atoms with E-state index in [0.717, 1.165) is 36.3 Å². The van der Waals surface area contributed by atoms with Crippen LogP contribution >= 0.6 is 0 Å². The third kappa shape index (κ3) is 3.01. The normalized spacial score (nSPS) is 18.2.